The summed E-state index contributed by atoms with van der Waals surface area (Å²) in [5.41, 5.74) is 3.13. The number of thioether (sulfide) groups is 1. The number of hydrogen-bond donors (Lipinski definition) is 0. The summed E-state index contributed by atoms with van der Waals surface area (Å²) in [5.74, 6) is 0.777. The molecule has 0 saturated carbocycles. The molecule has 0 aliphatic carbocycles. The quantitative estimate of drug-likeness (QED) is 0.300. The molecule has 3 aromatic rings. The second kappa shape index (κ2) is 8.09. The molecule has 0 fully saturated rings. The van der Waals surface area contributed by atoms with Crippen molar-refractivity contribution in [3.05, 3.63) is 69.0 Å². The first-order valence-corrected chi connectivity index (χ1v) is 11.7. The van der Waals surface area contributed by atoms with Crippen molar-refractivity contribution in [2.24, 2.45) is 0 Å². The van der Waals surface area contributed by atoms with Gasteiger partial charge in [-0.3, -0.25) is 4.57 Å². The van der Waals surface area contributed by atoms with E-state index in [9.17, 15) is 4.79 Å². The van der Waals surface area contributed by atoms with Crippen molar-refractivity contribution in [1.29, 1.82) is 0 Å². The van der Waals surface area contributed by atoms with Gasteiger partial charge in [0.05, 0.1) is 23.8 Å². The number of thiophene rings is 1. The van der Waals surface area contributed by atoms with Crippen LogP contribution in [0.15, 0.2) is 52.3 Å². The molecule has 0 spiro atoms. The predicted octanol–water partition coefficient (Wildman–Crippen LogP) is 5.42. The molecule has 0 amide bonds. The van der Waals surface area contributed by atoms with Gasteiger partial charge in [0.2, 0.25) is 0 Å². The number of rotatable bonds is 6. The van der Waals surface area contributed by atoms with E-state index < -0.39 is 0 Å². The standard InChI is InChI=1S/C23H26N2O2S2/c1-5-23(4)11-17-18(13-27-23)29-20-19(17)21(28-14-15(2)3)25(22(26)24-20)12-16-9-7-6-8-10-16/h6-10H,2,5,11-14H2,1,3-4H3. The molecule has 4 nitrogen and oxygen atoms in total. The molecule has 1 aromatic carbocycles. The van der Waals surface area contributed by atoms with E-state index in [-0.39, 0.29) is 11.3 Å². The first-order chi connectivity index (χ1) is 13.9. The van der Waals surface area contributed by atoms with Gasteiger partial charge in [0.25, 0.3) is 0 Å². The molecule has 29 heavy (non-hydrogen) atoms. The summed E-state index contributed by atoms with van der Waals surface area (Å²) in [7, 11) is 0. The smallest absolute Gasteiger partial charge is 0.350 e. The van der Waals surface area contributed by atoms with Gasteiger partial charge in [-0.25, -0.2) is 4.79 Å². The van der Waals surface area contributed by atoms with Crippen molar-refractivity contribution >= 4 is 33.3 Å². The fraction of sp³-hybridized carbons (Fsp3) is 0.391. The third-order valence-electron chi connectivity index (χ3n) is 5.45. The summed E-state index contributed by atoms with van der Waals surface area (Å²) in [4.78, 5) is 19.5. The van der Waals surface area contributed by atoms with Gasteiger partial charge in [0.15, 0.2) is 0 Å². The number of benzene rings is 1. The van der Waals surface area contributed by atoms with Crippen LogP contribution in [-0.4, -0.2) is 20.9 Å². The van der Waals surface area contributed by atoms with E-state index in [1.54, 1.807) is 23.1 Å². The molecule has 0 bridgehead atoms. The molecule has 4 rings (SSSR count). The van der Waals surface area contributed by atoms with Crippen LogP contribution in [0, 0.1) is 0 Å². The van der Waals surface area contributed by atoms with Crippen LogP contribution < -0.4 is 5.69 Å². The number of nitrogens with zero attached hydrogens (tertiary/aromatic N) is 2. The average molecular weight is 427 g/mol. The van der Waals surface area contributed by atoms with Crippen LogP contribution in [0.2, 0.25) is 0 Å². The van der Waals surface area contributed by atoms with Crippen LogP contribution in [0.3, 0.4) is 0 Å². The van der Waals surface area contributed by atoms with Crippen LogP contribution in [0.5, 0.6) is 0 Å². The normalized spacial score (nSPS) is 18.7. The molecule has 1 aliphatic rings. The molecule has 2 aromatic heterocycles. The highest BCUT2D eigenvalue weighted by molar-refractivity contribution is 7.99. The van der Waals surface area contributed by atoms with Gasteiger partial charge in [-0.2, -0.15) is 4.98 Å². The summed E-state index contributed by atoms with van der Waals surface area (Å²) >= 11 is 3.30. The topological polar surface area (TPSA) is 44.1 Å². The molecular formula is C23H26N2O2S2. The first-order valence-electron chi connectivity index (χ1n) is 9.90. The number of ether oxygens (including phenoxy) is 1. The van der Waals surface area contributed by atoms with Crippen LogP contribution in [0.4, 0.5) is 0 Å². The third-order valence-corrected chi connectivity index (χ3v) is 7.88. The van der Waals surface area contributed by atoms with Gasteiger partial charge in [0, 0.05) is 22.4 Å². The van der Waals surface area contributed by atoms with Gasteiger partial charge in [-0.05, 0) is 31.4 Å². The van der Waals surface area contributed by atoms with Gasteiger partial charge < -0.3 is 4.74 Å². The minimum atomic E-state index is -0.191. The highest BCUT2D eigenvalue weighted by atomic mass is 32.2. The van der Waals surface area contributed by atoms with Crippen LogP contribution in [0.1, 0.15) is 43.2 Å². The van der Waals surface area contributed by atoms with E-state index >= 15 is 0 Å². The Balaban J connectivity index is 1.91. The Morgan fingerprint density at radius 3 is 2.83 bits per heavy atom. The van der Waals surface area contributed by atoms with Crippen LogP contribution in [0.25, 0.3) is 10.2 Å². The summed E-state index contributed by atoms with van der Waals surface area (Å²) in [5, 5.41) is 2.14. The summed E-state index contributed by atoms with van der Waals surface area (Å²) in [6.07, 6.45) is 1.81. The Hall–Kier alpha value is -1.89. The highest BCUT2D eigenvalue weighted by Crippen LogP contribution is 2.42. The Morgan fingerprint density at radius 2 is 2.14 bits per heavy atom. The van der Waals surface area contributed by atoms with E-state index in [2.05, 4.69) is 37.5 Å². The number of hydrogen-bond acceptors (Lipinski definition) is 5. The third kappa shape index (κ3) is 4.06. The largest absolute Gasteiger partial charge is 0.369 e. The molecule has 1 unspecified atom stereocenters. The molecule has 0 N–H and O–H groups in total. The molecule has 3 heterocycles. The SMILES string of the molecule is C=C(C)CSc1c2c3c(sc2nc(=O)n1Cc1ccccc1)COC(C)(CC)C3. The van der Waals surface area contributed by atoms with Crippen LogP contribution in [-0.2, 0) is 24.3 Å². The lowest BCUT2D eigenvalue weighted by Crippen LogP contribution is -2.34. The zero-order valence-electron chi connectivity index (χ0n) is 17.2. The molecule has 1 aliphatic heterocycles. The molecule has 152 valence electrons. The maximum atomic E-state index is 13.0. The Kier molecular flexibility index (Phi) is 5.69. The molecular weight excluding hydrogens is 400 g/mol. The monoisotopic (exact) mass is 426 g/mol. The molecule has 6 heteroatoms. The van der Waals surface area contributed by atoms with E-state index in [1.807, 2.05) is 29.7 Å². The zero-order valence-corrected chi connectivity index (χ0v) is 18.8. The Labute approximate surface area is 179 Å². The highest BCUT2D eigenvalue weighted by Gasteiger charge is 2.33. The zero-order chi connectivity index (χ0) is 20.6. The van der Waals surface area contributed by atoms with E-state index in [0.29, 0.717) is 13.2 Å². The van der Waals surface area contributed by atoms with Crippen molar-refractivity contribution in [2.75, 3.05) is 5.75 Å². The number of fused-ring (bicyclic) bond motifs is 3. The van der Waals surface area contributed by atoms with E-state index in [0.717, 1.165) is 45.0 Å². The van der Waals surface area contributed by atoms with E-state index in [1.165, 1.54) is 10.4 Å². The van der Waals surface area contributed by atoms with Crippen LogP contribution >= 0.6 is 23.1 Å². The fourth-order valence-electron chi connectivity index (χ4n) is 3.61. The minimum absolute atomic E-state index is 0.169. The summed E-state index contributed by atoms with van der Waals surface area (Å²) in [6, 6.07) is 10.1. The maximum Gasteiger partial charge on any atom is 0.350 e. The molecule has 1 atom stereocenters. The second-order valence-electron chi connectivity index (χ2n) is 7.97. The second-order valence-corrected chi connectivity index (χ2v) is 10.0. The van der Waals surface area contributed by atoms with Gasteiger partial charge in [-0.15, -0.1) is 23.1 Å². The lowest BCUT2D eigenvalue weighted by Gasteiger charge is -2.33. The van der Waals surface area contributed by atoms with Crippen molar-refractivity contribution in [1.82, 2.24) is 9.55 Å². The van der Waals surface area contributed by atoms with Crippen molar-refractivity contribution in [2.45, 2.75) is 57.4 Å². The maximum absolute atomic E-state index is 13.0. The van der Waals surface area contributed by atoms with Gasteiger partial charge in [0.1, 0.15) is 4.83 Å². The Morgan fingerprint density at radius 1 is 1.38 bits per heavy atom. The van der Waals surface area contributed by atoms with Crippen molar-refractivity contribution < 1.29 is 4.74 Å². The average Bonchev–Trinajstić information content (AvgIpc) is 3.05. The van der Waals surface area contributed by atoms with Crippen molar-refractivity contribution in [3.63, 3.8) is 0 Å². The first kappa shape index (κ1) is 20.4. The minimum Gasteiger partial charge on any atom is -0.369 e. The molecule has 0 radical (unpaired) electrons. The lowest BCUT2D eigenvalue weighted by atomic mass is 9.90. The van der Waals surface area contributed by atoms with E-state index in [4.69, 9.17) is 4.74 Å². The van der Waals surface area contributed by atoms with Crippen molar-refractivity contribution in [3.8, 4) is 0 Å². The lowest BCUT2D eigenvalue weighted by molar-refractivity contribution is -0.0543. The predicted molar refractivity (Wildman–Crippen MR) is 122 cm³/mol. The number of aromatic nitrogens is 2. The summed E-state index contributed by atoms with van der Waals surface area (Å²) in [6.45, 7) is 11.5. The summed E-state index contributed by atoms with van der Waals surface area (Å²) < 4.78 is 7.97. The van der Waals surface area contributed by atoms with Gasteiger partial charge >= 0.3 is 5.69 Å². The fourth-order valence-corrected chi connectivity index (χ4v) is 5.81. The van der Waals surface area contributed by atoms with Gasteiger partial charge in [-0.1, -0.05) is 49.4 Å². The molecule has 0 saturated heterocycles. The Bertz CT molecular complexity index is 1120.